The monoisotopic (exact) mass is 410 g/mol. The molecule has 0 unspecified atom stereocenters. The molecule has 0 bridgehead atoms. The molecule has 7 heteroatoms. The largest absolute Gasteiger partial charge is 0.507 e. The number of hydrogen-bond donors (Lipinski definition) is 1. The van der Waals surface area contributed by atoms with Gasteiger partial charge in [-0.15, -0.1) is 0 Å². The first kappa shape index (κ1) is 15.0. The second-order valence-corrected chi connectivity index (χ2v) is 6.10. The standard InChI is InChI=1S/C15H15IN4O2/c1-2-3-6-20-9-11(8-17-20)15-18-14(19-22-15)10-4-5-13(21)12(16)7-10/h4-5,7-9,21H,2-3,6H2,1H3. The molecule has 1 N–H and O–H groups in total. The molecular formula is C15H15IN4O2. The smallest absolute Gasteiger partial charge is 0.261 e. The Hall–Kier alpha value is -1.90. The maximum Gasteiger partial charge on any atom is 0.261 e. The van der Waals surface area contributed by atoms with Gasteiger partial charge in [0.1, 0.15) is 5.75 Å². The van der Waals surface area contributed by atoms with Crippen LogP contribution in [0, 0.1) is 3.57 Å². The molecule has 0 spiro atoms. The predicted molar refractivity (Wildman–Crippen MR) is 90.2 cm³/mol. The molecule has 22 heavy (non-hydrogen) atoms. The van der Waals surface area contributed by atoms with Crippen LogP contribution in [-0.4, -0.2) is 25.0 Å². The first-order chi connectivity index (χ1) is 10.7. The summed E-state index contributed by atoms with van der Waals surface area (Å²) in [4.78, 5) is 4.40. The van der Waals surface area contributed by atoms with E-state index in [1.54, 1.807) is 18.3 Å². The molecule has 1 aromatic carbocycles. The summed E-state index contributed by atoms with van der Waals surface area (Å²) in [6.07, 6.45) is 5.85. The number of aryl methyl sites for hydroxylation is 1. The van der Waals surface area contributed by atoms with Crippen LogP contribution in [0.25, 0.3) is 22.8 Å². The van der Waals surface area contributed by atoms with Crippen LogP contribution in [0.2, 0.25) is 0 Å². The molecule has 6 nitrogen and oxygen atoms in total. The molecule has 0 aliphatic rings. The van der Waals surface area contributed by atoms with Gasteiger partial charge in [0.05, 0.1) is 15.3 Å². The quantitative estimate of drug-likeness (QED) is 0.649. The number of rotatable bonds is 5. The van der Waals surface area contributed by atoms with E-state index in [0.717, 1.165) is 34.1 Å². The minimum atomic E-state index is 0.241. The van der Waals surface area contributed by atoms with Gasteiger partial charge in [-0.25, -0.2) is 0 Å². The van der Waals surface area contributed by atoms with Crippen molar-refractivity contribution in [2.24, 2.45) is 0 Å². The van der Waals surface area contributed by atoms with Crippen LogP contribution in [0.1, 0.15) is 19.8 Å². The first-order valence-electron chi connectivity index (χ1n) is 7.03. The van der Waals surface area contributed by atoms with Crippen molar-refractivity contribution in [3.8, 4) is 28.6 Å². The third-order valence-electron chi connectivity index (χ3n) is 3.25. The Kier molecular flexibility index (Phi) is 4.41. The van der Waals surface area contributed by atoms with Gasteiger partial charge in [0.2, 0.25) is 5.82 Å². The summed E-state index contributed by atoms with van der Waals surface area (Å²) in [7, 11) is 0. The molecule has 2 aromatic heterocycles. The summed E-state index contributed by atoms with van der Waals surface area (Å²) >= 11 is 2.06. The Labute approximate surface area is 141 Å². The van der Waals surface area contributed by atoms with E-state index in [1.165, 1.54) is 0 Å². The molecule has 0 saturated carbocycles. The number of halogens is 1. The van der Waals surface area contributed by atoms with Crippen molar-refractivity contribution < 1.29 is 9.63 Å². The Morgan fingerprint density at radius 3 is 2.95 bits per heavy atom. The highest BCUT2D eigenvalue weighted by Crippen LogP contribution is 2.27. The lowest BCUT2D eigenvalue weighted by atomic mass is 10.2. The highest BCUT2D eigenvalue weighted by Gasteiger charge is 2.13. The molecule has 0 atom stereocenters. The molecule has 0 aliphatic carbocycles. The van der Waals surface area contributed by atoms with Gasteiger partial charge >= 0.3 is 0 Å². The molecule has 3 aromatic rings. The van der Waals surface area contributed by atoms with Gasteiger partial charge in [-0.3, -0.25) is 4.68 Å². The fourth-order valence-corrected chi connectivity index (χ4v) is 2.54. The van der Waals surface area contributed by atoms with Gasteiger partial charge < -0.3 is 9.63 Å². The van der Waals surface area contributed by atoms with E-state index in [4.69, 9.17) is 4.52 Å². The highest BCUT2D eigenvalue weighted by atomic mass is 127. The Bertz CT molecular complexity index is 781. The lowest BCUT2D eigenvalue weighted by molar-refractivity contribution is 0.432. The molecule has 3 rings (SSSR count). The molecular weight excluding hydrogens is 395 g/mol. The van der Waals surface area contributed by atoms with E-state index in [-0.39, 0.29) is 5.75 Å². The van der Waals surface area contributed by atoms with E-state index in [9.17, 15) is 5.11 Å². The molecule has 2 heterocycles. The molecule has 0 aliphatic heterocycles. The first-order valence-corrected chi connectivity index (χ1v) is 8.10. The summed E-state index contributed by atoms with van der Waals surface area (Å²) in [6.45, 7) is 3.03. The lowest BCUT2D eigenvalue weighted by Gasteiger charge is -1.98. The number of phenolic OH excluding ortho intramolecular Hbond substituents is 1. The summed E-state index contributed by atoms with van der Waals surface area (Å²) in [5.41, 5.74) is 1.61. The van der Waals surface area contributed by atoms with E-state index in [2.05, 4.69) is 44.8 Å². The van der Waals surface area contributed by atoms with Gasteiger partial charge in [-0.05, 0) is 47.2 Å². The number of unbranched alkanes of at least 4 members (excludes halogenated alkanes) is 1. The second-order valence-electron chi connectivity index (χ2n) is 4.93. The van der Waals surface area contributed by atoms with Gasteiger partial charge in [-0.2, -0.15) is 10.1 Å². The minimum absolute atomic E-state index is 0.241. The maximum absolute atomic E-state index is 9.56. The average Bonchev–Trinajstić information content (AvgIpc) is 3.16. The average molecular weight is 410 g/mol. The van der Waals surface area contributed by atoms with Gasteiger partial charge in [0.15, 0.2) is 0 Å². The van der Waals surface area contributed by atoms with Crippen molar-refractivity contribution >= 4 is 22.6 Å². The van der Waals surface area contributed by atoms with Crippen molar-refractivity contribution in [2.45, 2.75) is 26.3 Å². The van der Waals surface area contributed by atoms with Crippen LogP contribution in [0.4, 0.5) is 0 Å². The number of phenols is 1. The number of benzene rings is 1. The number of aromatic hydroxyl groups is 1. The molecule has 0 amide bonds. The van der Waals surface area contributed by atoms with Crippen molar-refractivity contribution in [1.82, 2.24) is 19.9 Å². The Morgan fingerprint density at radius 1 is 1.32 bits per heavy atom. The van der Waals surface area contributed by atoms with Gasteiger partial charge in [-0.1, -0.05) is 18.5 Å². The zero-order valence-corrected chi connectivity index (χ0v) is 14.2. The van der Waals surface area contributed by atoms with Crippen molar-refractivity contribution in [3.05, 3.63) is 34.2 Å². The molecule has 114 valence electrons. The van der Waals surface area contributed by atoms with Crippen LogP contribution in [0.15, 0.2) is 35.1 Å². The summed E-state index contributed by atoms with van der Waals surface area (Å²) in [5, 5.41) is 17.9. The molecule has 0 radical (unpaired) electrons. The van der Waals surface area contributed by atoms with Crippen LogP contribution in [-0.2, 0) is 6.54 Å². The topological polar surface area (TPSA) is 77.0 Å². The van der Waals surface area contributed by atoms with E-state index >= 15 is 0 Å². The summed E-state index contributed by atoms with van der Waals surface area (Å²) in [5.74, 6) is 1.18. The minimum Gasteiger partial charge on any atom is -0.507 e. The highest BCUT2D eigenvalue weighted by molar-refractivity contribution is 14.1. The van der Waals surface area contributed by atoms with Crippen LogP contribution < -0.4 is 0 Å². The number of aromatic nitrogens is 4. The van der Waals surface area contributed by atoms with Crippen molar-refractivity contribution in [1.29, 1.82) is 0 Å². The lowest BCUT2D eigenvalue weighted by Crippen LogP contribution is -1.96. The van der Waals surface area contributed by atoms with Crippen LogP contribution >= 0.6 is 22.6 Å². The fraction of sp³-hybridized carbons (Fsp3) is 0.267. The van der Waals surface area contributed by atoms with Crippen molar-refractivity contribution in [2.75, 3.05) is 0 Å². The Balaban J connectivity index is 1.83. The summed E-state index contributed by atoms with van der Waals surface area (Å²) in [6, 6.07) is 5.20. The van der Waals surface area contributed by atoms with Gasteiger partial charge in [0.25, 0.3) is 5.89 Å². The zero-order chi connectivity index (χ0) is 15.5. The van der Waals surface area contributed by atoms with E-state index < -0.39 is 0 Å². The third-order valence-corrected chi connectivity index (χ3v) is 4.12. The number of hydrogen-bond acceptors (Lipinski definition) is 5. The van der Waals surface area contributed by atoms with Crippen LogP contribution in [0.5, 0.6) is 5.75 Å². The predicted octanol–water partition coefficient (Wildman–Crippen LogP) is 3.71. The van der Waals surface area contributed by atoms with Crippen molar-refractivity contribution in [3.63, 3.8) is 0 Å². The normalized spacial score (nSPS) is 11.0. The Morgan fingerprint density at radius 2 is 2.18 bits per heavy atom. The van der Waals surface area contributed by atoms with Crippen LogP contribution in [0.3, 0.4) is 0 Å². The van der Waals surface area contributed by atoms with Gasteiger partial charge in [0, 0.05) is 18.3 Å². The fourth-order valence-electron chi connectivity index (χ4n) is 2.02. The maximum atomic E-state index is 9.56. The van der Waals surface area contributed by atoms with E-state index in [1.807, 2.05) is 16.9 Å². The number of nitrogens with zero attached hydrogens (tertiary/aromatic N) is 4. The van der Waals surface area contributed by atoms with E-state index in [0.29, 0.717) is 11.7 Å². The third kappa shape index (κ3) is 3.13. The molecule has 0 saturated heterocycles. The second kappa shape index (κ2) is 6.47. The zero-order valence-electron chi connectivity index (χ0n) is 12.0. The SMILES string of the molecule is CCCCn1cc(-c2nc(-c3ccc(O)c(I)c3)no2)cn1. The molecule has 0 fully saturated rings. The summed E-state index contributed by atoms with van der Waals surface area (Å²) < 4.78 is 7.94.